The predicted octanol–water partition coefficient (Wildman–Crippen LogP) is 3.08. The lowest BCUT2D eigenvalue weighted by Crippen LogP contribution is -2.21. The molecule has 4 heteroatoms. The highest BCUT2D eigenvalue weighted by Crippen LogP contribution is 2.38. The van der Waals surface area contributed by atoms with Crippen molar-refractivity contribution in [2.45, 2.75) is 51.1 Å². The smallest absolute Gasteiger partial charge is 0.0635 e. The highest BCUT2D eigenvalue weighted by molar-refractivity contribution is 9.10. The molecule has 0 radical (unpaired) electrons. The van der Waals surface area contributed by atoms with Crippen LogP contribution in [-0.4, -0.2) is 22.9 Å². The van der Waals surface area contributed by atoms with Crippen LogP contribution in [0, 0.1) is 0 Å². The molecule has 1 heterocycles. The average molecular weight is 286 g/mol. The number of aromatic nitrogens is 2. The van der Waals surface area contributed by atoms with Crippen LogP contribution in [0.2, 0.25) is 0 Å². The van der Waals surface area contributed by atoms with E-state index in [1.54, 1.807) is 0 Å². The van der Waals surface area contributed by atoms with Gasteiger partial charge in [-0.25, -0.2) is 0 Å². The molecule has 2 rings (SSSR count). The Balaban J connectivity index is 2.23. The van der Waals surface area contributed by atoms with Gasteiger partial charge in [0, 0.05) is 18.0 Å². The molecular weight excluding hydrogens is 266 g/mol. The topological polar surface area (TPSA) is 29.9 Å². The molecule has 1 aliphatic carbocycles. The second kappa shape index (κ2) is 4.88. The van der Waals surface area contributed by atoms with Gasteiger partial charge in [0.15, 0.2) is 0 Å². The van der Waals surface area contributed by atoms with Crippen LogP contribution in [0.1, 0.15) is 50.8 Å². The summed E-state index contributed by atoms with van der Waals surface area (Å²) < 4.78 is 3.33. The summed E-state index contributed by atoms with van der Waals surface area (Å²) in [5.74, 6) is 0.650. The summed E-state index contributed by atoms with van der Waals surface area (Å²) in [4.78, 5) is 0. The number of nitrogens with zero attached hydrogens (tertiary/aromatic N) is 2. The van der Waals surface area contributed by atoms with E-state index in [0.717, 1.165) is 0 Å². The van der Waals surface area contributed by atoms with Crippen molar-refractivity contribution in [1.29, 1.82) is 0 Å². The Hall–Kier alpha value is -0.350. The van der Waals surface area contributed by atoms with E-state index in [1.165, 1.54) is 29.4 Å². The lowest BCUT2D eigenvalue weighted by molar-refractivity contribution is 0.479. The fourth-order valence-electron chi connectivity index (χ4n) is 2.64. The Labute approximate surface area is 106 Å². The fourth-order valence-corrected chi connectivity index (χ4v) is 3.23. The maximum Gasteiger partial charge on any atom is 0.0635 e. The second-order valence-electron chi connectivity index (χ2n) is 4.91. The summed E-state index contributed by atoms with van der Waals surface area (Å²) in [6, 6.07) is 1.11. The summed E-state index contributed by atoms with van der Waals surface area (Å²) in [6.07, 6.45) is 5.70. The number of rotatable bonds is 3. The average Bonchev–Trinajstić information content (AvgIpc) is 2.83. The van der Waals surface area contributed by atoms with E-state index >= 15 is 0 Å². The SMILES string of the molecule is CNC1CCC(c2c(Br)cnn2C(C)C)C1. The van der Waals surface area contributed by atoms with Crippen LogP contribution in [0.15, 0.2) is 10.7 Å². The maximum atomic E-state index is 4.46. The van der Waals surface area contributed by atoms with Gasteiger partial charge < -0.3 is 5.32 Å². The van der Waals surface area contributed by atoms with Gasteiger partial charge in [-0.3, -0.25) is 4.68 Å². The van der Waals surface area contributed by atoms with Crippen LogP contribution < -0.4 is 5.32 Å². The largest absolute Gasteiger partial charge is 0.317 e. The highest BCUT2D eigenvalue weighted by atomic mass is 79.9. The molecule has 0 aromatic carbocycles. The van der Waals surface area contributed by atoms with Gasteiger partial charge in [-0.1, -0.05) is 0 Å². The van der Waals surface area contributed by atoms with Crippen molar-refractivity contribution in [2.75, 3.05) is 7.05 Å². The molecule has 3 nitrogen and oxygen atoms in total. The summed E-state index contributed by atoms with van der Waals surface area (Å²) in [5, 5.41) is 7.84. The van der Waals surface area contributed by atoms with E-state index in [-0.39, 0.29) is 0 Å². The molecule has 1 aromatic rings. The lowest BCUT2D eigenvalue weighted by Gasteiger charge is -2.17. The Kier molecular flexibility index (Phi) is 3.70. The third-order valence-corrected chi connectivity index (χ3v) is 4.11. The molecule has 90 valence electrons. The molecule has 2 unspecified atom stereocenters. The maximum absolute atomic E-state index is 4.46. The first-order valence-electron chi connectivity index (χ1n) is 6.03. The van der Waals surface area contributed by atoms with Crippen LogP contribution in [0.3, 0.4) is 0 Å². The minimum absolute atomic E-state index is 0.440. The Morgan fingerprint density at radius 2 is 2.25 bits per heavy atom. The van der Waals surface area contributed by atoms with Crippen LogP contribution in [0.4, 0.5) is 0 Å². The van der Waals surface area contributed by atoms with Crippen molar-refractivity contribution < 1.29 is 0 Å². The first kappa shape index (κ1) is 12.1. The van der Waals surface area contributed by atoms with Crippen LogP contribution in [-0.2, 0) is 0 Å². The Morgan fingerprint density at radius 1 is 1.50 bits per heavy atom. The molecule has 1 N–H and O–H groups in total. The van der Waals surface area contributed by atoms with Gasteiger partial charge in [0.05, 0.1) is 16.4 Å². The molecule has 2 atom stereocenters. The van der Waals surface area contributed by atoms with Gasteiger partial charge in [-0.2, -0.15) is 5.10 Å². The van der Waals surface area contributed by atoms with Gasteiger partial charge in [0.2, 0.25) is 0 Å². The Morgan fingerprint density at radius 3 is 2.81 bits per heavy atom. The monoisotopic (exact) mass is 285 g/mol. The normalized spacial score (nSPS) is 25.6. The summed E-state index contributed by atoms with van der Waals surface area (Å²) >= 11 is 3.63. The molecule has 1 aromatic heterocycles. The third kappa shape index (κ3) is 2.18. The second-order valence-corrected chi connectivity index (χ2v) is 5.77. The first-order valence-corrected chi connectivity index (χ1v) is 6.83. The minimum atomic E-state index is 0.440. The van der Waals surface area contributed by atoms with Crippen LogP contribution in [0.5, 0.6) is 0 Å². The standard InChI is InChI=1S/C12H20BrN3/c1-8(2)16-12(11(13)7-15-16)9-4-5-10(6-9)14-3/h7-10,14H,4-6H2,1-3H3. The van der Waals surface area contributed by atoms with Gasteiger partial charge in [0.25, 0.3) is 0 Å². The molecule has 1 aliphatic rings. The molecule has 16 heavy (non-hydrogen) atoms. The number of hydrogen-bond donors (Lipinski definition) is 1. The van der Waals surface area contributed by atoms with Crippen molar-refractivity contribution in [1.82, 2.24) is 15.1 Å². The summed E-state index contributed by atoms with van der Waals surface area (Å²) in [5.41, 5.74) is 1.38. The molecule has 0 amide bonds. The molecule has 0 saturated heterocycles. The fraction of sp³-hybridized carbons (Fsp3) is 0.750. The molecule has 1 saturated carbocycles. The van der Waals surface area contributed by atoms with Crippen molar-refractivity contribution in [3.05, 3.63) is 16.4 Å². The van der Waals surface area contributed by atoms with E-state index in [4.69, 9.17) is 0 Å². The zero-order chi connectivity index (χ0) is 11.7. The zero-order valence-electron chi connectivity index (χ0n) is 10.2. The highest BCUT2D eigenvalue weighted by Gasteiger charge is 2.29. The quantitative estimate of drug-likeness (QED) is 0.925. The molecule has 0 bridgehead atoms. The van der Waals surface area contributed by atoms with Gasteiger partial charge in [0.1, 0.15) is 0 Å². The molecule has 0 aliphatic heterocycles. The Bertz CT molecular complexity index is 359. The van der Waals surface area contributed by atoms with Crippen molar-refractivity contribution >= 4 is 15.9 Å². The van der Waals surface area contributed by atoms with Gasteiger partial charge in [-0.15, -0.1) is 0 Å². The van der Waals surface area contributed by atoms with Crippen molar-refractivity contribution in [3.8, 4) is 0 Å². The van der Waals surface area contributed by atoms with E-state index in [1.807, 2.05) is 6.20 Å². The van der Waals surface area contributed by atoms with E-state index in [2.05, 4.69) is 51.9 Å². The molecule has 1 fully saturated rings. The van der Waals surface area contributed by atoms with Gasteiger partial charge in [-0.05, 0) is 56.1 Å². The summed E-state index contributed by atoms with van der Waals surface area (Å²) in [6.45, 7) is 4.38. The first-order chi connectivity index (χ1) is 7.63. The van der Waals surface area contributed by atoms with Crippen molar-refractivity contribution in [3.63, 3.8) is 0 Å². The number of halogens is 1. The summed E-state index contributed by atoms with van der Waals surface area (Å²) in [7, 11) is 2.06. The molecular formula is C12H20BrN3. The van der Waals surface area contributed by atoms with E-state index in [9.17, 15) is 0 Å². The number of nitrogens with one attached hydrogen (secondary N) is 1. The lowest BCUT2D eigenvalue weighted by atomic mass is 10.0. The van der Waals surface area contributed by atoms with E-state index in [0.29, 0.717) is 18.0 Å². The van der Waals surface area contributed by atoms with Crippen molar-refractivity contribution in [2.24, 2.45) is 0 Å². The number of hydrogen-bond acceptors (Lipinski definition) is 2. The third-order valence-electron chi connectivity index (χ3n) is 3.50. The minimum Gasteiger partial charge on any atom is -0.317 e. The van der Waals surface area contributed by atoms with Gasteiger partial charge >= 0.3 is 0 Å². The van der Waals surface area contributed by atoms with Crippen LogP contribution in [0.25, 0.3) is 0 Å². The van der Waals surface area contributed by atoms with Crippen LogP contribution >= 0.6 is 15.9 Å². The van der Waals surface area contributed by atoms with E-state index < -0.39 is 0 Å². The predicted molar refractivity (Wildman–Crippen MR) is 69.8 cm³/mol. The molecule has 0 spiro atoms. The zero-order valence-corrected chi connectivity index (χ0v) is 11.8.